The SMILES string of the molecule is COc1ccc(SSc2ccc(CO)cc2)cc1. The van der Waals surface area contributed by atoms with E-state index in [-0.39, 0.29) is 6.61 Å². The maximum atomic E-state index is 8.96. The summed E-state index contributed by atoms with van der Waals surface area (Å²) in [7, 11) is 5.07. The third-order valence-corrected chi connectivity index (χ3v) is 4.82. The summed E-state index contributed by atoms with van der Waals surface area (Å²) in [6, 6.07) is 15.9. The molecule has 2 aromatic carbocycles. The molecule has 0 bridgehead atoms. The Morgan fingerprint density at radius 3 is 1.83 bits per heavy atom. The number of aliphatic hydroxyl groups excluding tert-OH is 1. The third kappa shape index (κ3) is 3.70. The van der Waals surface area contributed by atoms with E-state index in [1.54, 1.807) is 28.7 Å². The van der Waals surface area contributed by atoms with Crippen LogP contribution in [0, 0.1) is 0 Å². The average Bonchev–Trinajstić information content (AvgIpc) is 2.46. The van der Waals surface area contributed by atoms with E-state index in [0.29, 0.717) is 0 Å². The standard InChI is InChI=1S/C14H14O2S2/c1-16-12-4-8-14(9-5-12)18-17-13-6-2-11(10-15)3-7-13/h2-9,15H,10H2,1H3. The molecule has 0 aliphatic rings. The lowest BCUT2D eigenvalue weighted by molar-refractivity contribution is 0.282. The fourth-order valence-electron chi connectivity index (χ4n) is 1.38. The number of rotatable bonds is 5. The summed E-state index contributed by atoms with van der Waals surface area (Å²) in [4.78, 5) is 2.36. The van der Waals surface area contributed by atoms with E-state index in [1.165, 1.54) is 9.79 Å². The smallest absolute Gasteiger partial charge is 0.118 e. The van der Waals surface area contributed by atoms with Gasteiger partial charge in [0.1, 0.15) is 5.75 Å². The highest BCUT2D eigenvalue weighted by molar-refractivity contribution is 8.76. The second-order valence-corrected chi connectivity index (χ2v) is 5.92. The first-order valence-corrected chi connectivity index (χ1v) is 7.65. The largest absolute Gasteiger partial charge is 0.497 e. The molecule has 0 aromatic heterocycles. The molecule has 18 heavy (non-hydrogen) atoms. The summed E-state index contributed by atoms with van der Waals surface area (Å²) >= 11 is 0. The Balaban J connectivity index is 1.93. The molecule has 0 saturated heterocycles. The van der Waals surface area contributed by atoms with Gasteiger partial charge in [0.25, 0.3) is 0 Å². The van der Waals surface area contributed by atoms with Gasteiger partial charge in [-0.15, -0.1) is 0 Å². The topological polar surface area (TPSA) is 29.5 Å². The minimum absolute atomic E-state index is 0.0938. The van der Waals surface area contributed by atoms with Gasteiger partial charge in [0, 0.05) is 9.79 Å². The number of aliphatic hydroxyl groups is 1. The molecule has 2 rings (SSSR count). The number of ether oxygens (including phenoxy) is 1. The molecular weight excluding hydrogens is 264 g/mol. The average molecular weight is 278 g/mol. The molecule has 0 aliphatic carbocycles. The van der Waals surface area contributed by atoms with Crippen LogP contribution in [0.2, 0.25) is 0 Å². The van der Waals surface area contributed by atoms with Crippen LogP contribution in [-0.4, -0.2) is 12.2 Å². The van der Waals surface area contributed by atoms with E-state index in [9.17, 15) is 0 Å². The van der Waals surface area contributed by atoms with Crippen LogP contribution >= 0.6 is 21.6 Å². The van der Waals surface area contributed by atoms with Crippen LogP contribution in [0.3, 0.4) is 0 Å². The van der Waals surface area contributed by atoms with E-state index in [0.717, 1.165) is 11.3 Å². The van der Waals surface area contributed by atoms with E-state index in [1.807, 2.05) is 48.5 Å². The normalized spacial score (nSPS) is 10.3. The molecule has 0 fully saturated rings. The molecule has 1 N–H and O–H groups in total. The highest BCUT2D eigenvalue weighted by Crippen LogP contribution is 2.37. The summed E-state index contributed by atoms with van der Waals surface area (Å²) < 4.78 is 5.12. The number of hydrogen-bond acceptors (Lipinski definition) is 4. The fraction of sp³-hybridized carbons (Fsp3) is 0.143. The monoisotopic (exact) mass is 278 g/mol. The van der Waals surface area contributed by atoms with Gasteiger partial charge in [-0.3, -0.25) is 0 Å². The lowest BCUT2D eigenvalue weighted by Crippen LogP contribution is -1.81. The Hall–Kier alpha value is -1.10. The van der Waals surface area contributed by atoms with E-state index >= 15 is 0 Å². The zero-order chi connectivity index (χ0) is 12.8. The van der Waals surface area contributed by atoms with Crippen molar-refractivity contribution in [1.29, 1.82) is 0 Å². The molecular formula is C14H14O2S2. The van der Waals surface area contributed by atoms with Gasteiger partial charge in [-0.1, -0.05) is 33.7 Å². The van der Waals surface area contributed by atoms with Crippen molar-refractivity contribution in [1.82, 2.24) is 0 Å². The van der Waals surface area contributed by atoms with Gasteiger partial charge in [-0.05, 0) is 42.0 Å². The Morgan fingerprint density at radius 2 is 1.39 bits per heavy atom. The minimum atomic E-state index is 0.0938. The van der Waals surface area contributed by atoms with Crippen molar-refractivity contribution in [3.05, 3.63) is 54.1 Å². The van der Waals surface area contributed by atoms with Crippen LogP contribution in [0.15, 0.2) is 58.3 Å². The quantitative estimate of drug-likeness (QED) is 0.838. The van der Waals surface area contributed by atoms with Gasteiger partial charge in [0.05, 0.1) is 13.7 Å². The van der Waals surface area contributed by atoms with Crippen LogP contribution in [0.4, 0.5) is 0 Å². The maximum absolute atomic E-state index is 8.96. The second-order valence-electron chi connectivity index (χ2n) is 3.64. The summed E-state index contributed by atoms with van der Waals surface area (Å²) in [6.07, 6.45) is 0. The predicted molar refractivity (Wildman–Crippen MR) is 77.1 cm³/mol. The van der Waals surface area contributed by atoms with Crippen molar-refractivity contribution in [2.45, 2.75) is 16.4 Å². The van der Waals surface area contributed by atoms with Gasteiger partial charge in [0.2, 0.25) is 0 Å². The van der Waals surface area contributed by atoms with Gasteiger partial charge in [0.15, 0.2) is 0 Å². The zero-order valence-corrected chi connectivity index (χ0v) is 11.6. The highest BCUT2D eigenvalue weighted by Gasteiger charge is 1.99. The van der Waals surface area contributed by atoms with Crippen LogP contribution < -0.4 is 4.74 Å². The van der Waals surface area contributed by atoms with Crippen molar-refractivity contribution in [3.8, 4) is 5.75 Å². The third-order valence-electron chi connectivity index (χ3n) is 2.40. The van der Waals surface area contributed by atoms with Gasteiger partial charge in [-0.2, -0.15) is 0 Å². The molecule has 0 heterocycles. The lowest BCUT2D eigenvalue weighted by atomic mass is 10.2. The van der Waals surface area contributed by atoms with E-state index in [4.69, 9.17) is 9.84 Å². The van der Waals surface area contributed by atoms with E-state index < -0.39 is 0 Å². The molecule has 0 aliphatic heterocycles. The number of methoxy groups -OCH3 is 1. The maximum Gasteiger partial charge on any atom is 0.118 e. The number of hydrogen-bond donors (Lipinski definition) is 1. The highest BCUT2D eigenvalue weighted by atomic mass is 33.1. The van der Waals surface area contributed by atoms with Crippen molar-refractivity contribution in [2.24, 2.45) is 0 Å². The summed E-state index contributed by atoms with van der Waals surface area (Å²) in [6.45, 7) is 0.0938. The van der Waals surface area contributed by atoms with Crippen molar-refractivity contribution >= 4 is 21.6 Å². The fourth-order valence-corrected chi connectivity index (χ4v) is 3.31. The first-order chi connectivity index (χ1) is 8.81. The summed E-state index contributed by atoms with van der Waals surface area (Å²) in [5.74, 6) is 0.872. The molecule has 0 spiro atoms. The molecule has 0 saturated carbocycles. The summed E-state index contributed by atoms with van der Waals surface area (Å²) in [5, 5.41) is 8.96. The van der Waals surface area contributed by atoms with Crippen molar-refractivity contribution in [3.63, 3.8) is 0 Å². The first kappa shape index (κ1) is 13.3. The summed E-state index contributed by atoms with van der Waals surface area (Å²) in [5.41, 5.74) is 0.939. The van der Waals surface area contributed by atoms with Gasteiger partial charge >= 0.3 is 0 Å². The zero-order valence-electron chi connectivity index (χ0n) is 10.00. The molecule has 0 amide bonds. The van der Waals surface area contributed by atoms with Crippen LogP contribution in [0.1, 0.15) is 5.56 Å². The second kappa shape index (κ2) is 6.73. The molecule has 0 atom stereocenters. The molecule has 2 nitrogen and oxygen atoms in total. The predicted octanol–water partition coefficient (Wildman–Crippen LogP) is 3.99. The Labute approximate surface area is 115 Å². The molecule has 0 unspecified atom stereocenters. The molecule has 0 radical (unpaired) electrons. The Bertz CT molecular complexity index is 433. The van der Waals surface area contributed by atoms with Crippen LogP contribution in [-0.2, 0) is 6.61 Å². The molecule has 94 valence electrons. The Kier molecular flexibility index (Phi) is 4.99. The van der Waals surface area contributed by atoms with Crippen LogP contribution in [0.25, 0.3) is 0 Å². The lowest BCUT2D eigenvalue weighted by Gasteiger charge is -2.03. The number of benzene rings is 2. The van der Waals surface area contributed by atoms with Crippen molar-refractivity contribution in [2.75, 3.05) is 7.11 Å². The minimum Gasteiger partial charge on any atom is -0.497 e. The van der Waals surface area contributed by atoms with Gasteiger partial charge in [-0.25, -0.2) is 0 Å². The first-order valence-electron chi connectivity index (χ1n) is 5.50. The molecule has 2 aromatic rings. The van der Waals surface area contributed by atoms with Gasteiger partial charge < -0.3 is 9.84 Å². The Morgan fingerprint density at radius 1 is 0.889 bits per heavy atom. The van der Waals surface area contributed by atoms with E-state index in [2.05, 4.69) is 0 Å². The van der Waals surface area contributed by atoms with Crippen LogP contribution in [0.5, 0.6) is 5.75 Å². The van der Waals surface area contributed by atoms with Crippen molar-refractivity contribution < 1.29 is 9.84 Å². The molecule has 4 heteroatoms.